The SMILES string of the molecule is CC(C)(C)c1ccc(N2C(=O)N(Cc3ccnc(Nc4ccc(=O)[nH]c4)c3)C(C)(C)C2=O)cc1. The van der Waals surface area contributed by atoms with Crippen LogP contribution in [-0.4, -0.2) is 32.3 Å². The highest BCUT2D eigenvalue weighted by Gasteiger charge is 2.51. The second kappa shape index (κ2) is 8.44. The predicted octanol–water partition coefficient (Wildman–Crippen LogP) is 4.56. The van der Waals surface area contributed by atoms with Crippen molar-refractivity contribution < 1.29 is 9.59 Å². The molecule has 0 saturated carbocycles. The van der Waals surface area contributed by atoms with Crippen LogP contribution in [0.4, 0.5) is 22.0 Å². The number of aromatic amines is 1. The molecule has 1 fully saturated rings. The third kappa shape index (κ3) is 4.44. The van der Waals surface area contributed by atoms with E-state index in [9.17, 15) is 14.4 Å². The molecule has 4 rings (SSSR count). The molecule has 8 heteroatoms. The Morgan fingerprint density at radius 1 is 1.00 bits per heavy atom. The fourth-order valence-corrected chi connectivity index (χ4v) is 3.90. The molecule has 3 amide bonds. The van der Waals surface area contributed by atoms with Crippen LogP contribution in [0.2, 0.25) is 0 Å². The van der Waals surface area contributed by atoms with E-state index in [0.717, 1.165) is 11.1 Å². The maximum Gasteiger partial charge on any atom is 0.332 e. The molecule has 0 atom stereocenters. The first-order chi connectivity index (χ1) is 16.0. The molecule has 1 aliphatic rings. The summed E-state index contributed by atoms with van der Waals surface area (Å²) in [7, 11) is 0. The topological polar surface area (TPSA) is 98.4 Å². The first-order valence-corrected chi connectivity index (χ1v) is 11.1. The van der Waals surface area contributed by atoms with Crippen LogP contribution in [0.25, 0.3) is 0 Å². The Morgan fingerprint density at radius 2 is 1.71 bits per heavy atom. The van der Waals surface area contributed by atoms with E-state index in [1.807, 2.05) is 36.4 Å². The number of hydrogen-bond acceptors (Lipinski definition) is 5. The number of benzene rings is 1. The number of amides is 3. The molecule has 3 heterocycles. The average molecular weight is 460 g/mol. The van der Waals surface area contributed by atoms with Gasteiger partial charge in [0.15, 0.2) is 0 Å². The zero-order valence-electron chi connectivity index (χ0n) is 20.0. The summed E-state index contributed by atoms with van der Waals surface area (Å²) in [6.45, 7) is 10.1. The van der Waals surface area contributed by atoms with Crippen molar-refractivity contribution in [3.05, 3.63) is 82.4 Å². The van der Waals surface area contributed by atoms with Gasteiger partial charge in [-0.25, -0.2) is 14.7 Å². The summed E-state index contributed by atoms with van der Waals surface area (Å²) in [5.41, 5.74) is 1.98. The van der Waals surface area contributed by atoms with Crippen LogP contribution in [0.3, 0.4) is 0 Å². The van der Waals surface area contributed by atoms with Gasteiger partial charge in [0.25, 0.3) is 5.91 Å². The third-order valence-corrected chi connectivity index (χ3v) is 6.04. The van der Waals surface area contributed by atoms with E-state index in [1.165, 1.54) is 11.0 Å². The fraction of sp³-hybridized carbons (Fsp3) is 0.308. The minimum absolute atomic E-state index is 0.0228. The Kier molecular flexibility index (Phi) is 5.77. The van der Waals surface area contributed by atoms with Gasteiger partial charge in [0, 0.05) is 25.0 Å². The van der Waals surface area contributed by atoms with Crippen molar-refractivity contribution in [2.45, 2.75) is 52.1 Å². The highest BCUT2D eigenvalue weighted by molar-refractivity contribution is 6.22. The van der Waals surface area contributed by atoms with E-state index < -0.39 is 5.54 Å². The van der Waals surface area contributed by atoms with Gasteiger partial charge >= 0.3 is 6.03 Å². The molecule has 1 saturated heterocycles. The van der Waals surface area contributed by atoms with Gasteiger partial charge in [0.1, 0.15) is 11.4 Å². The number of nitrogens with zero attached hydrogens (tertiary/aromatic N) is 3. The van der Waals surface area contributed by atoms with Crippen LogP contribution in [0.15, 0.2) is 65.7 Å². The van der Waals surface area contributed by atoms with Gasteiger partial charge in [-0.15, -0.1) is 0 Å². The van der Waals surface area contributed by atoms with Crippen LogP contribution in [-0.2, 0) is 16.8 Å². The summed E-state index contributed by atoms with van der Waals surface area (Å²) in [6, 6.07) is 13.9. The van der Waals surface area contributed by atoms with Gasteiger partial charge in [-0.3, -0.25) is 9.59 Å². The predicted molar refractivity (Wildman–Crippen MR) is 132 cm³/mol. The van der Waals surface area contributed by atoms with Crippen molar-refractivity contribution in [3.8, 4) is 0 Å². The minimum Gasteiger partial charge on any atom is -0.339 e. The zero-order valence-corrected chi connectivity index (χ0v) is 20.0. The van der Waals surface area contributed by atoms with Crippen LogP contribution in [0.1, 0.15) is 45.7 Å². The number of H-pyrrole nitrogens is 1. The van der Waals surface area contributed by atoms with Gasteiger partial charge in [-0.2, -0.15) is 0 Å². The van der Waals surface area contributed by atoms with E-state index in [1.54, 1.807) is 37.2 Å². The maximum atomic E-state index is 13.4. The lowest BCUT2D eigenvalue weighted by Gasteiger charge is -2.27. The molecule has 1 aliphatic heterocycles. The van der Waals surface area contributed by atoms with Gasteiger partial charge < -0.3 is 15.2 Å². The smallest absolute Gasteiger partial charge is 0.332 e. The number of imide groups is 1. The van der Waals surface area contributed by atoms with E-state index >= 15 is 0 Å². The largest absolute Gasteiger partial charge is 0.339 e. The number of anilines is 3. The molecule has 176 valence electrons. The molecule has 0 aliphatic carbocycles. The highest BCUT2D eigenvalue weighted by Crippen LogP contribution is 2.34. The van der Waals surface area contributed by atoms with Gasteiger partial charge in [-0.1, -0.05) is 32.9 Å². The minimum atomic E-state index is -1.00. The van der Waals surface area contributed by atoms with Gasteiger partial charge in [0.05, 0.1) is 11.4 Å². The molecule has 1 aromatic carbocycles. The average Bonchev–Trinajstić information content (AvgIpc) is 2.94. The fourth-order valence-electron chi connectivity index (χ4n) is 3.90. The molecular weight excluding hydrogens is 430 g/mol. The molecule has 0 bridgehead atoms. The van der Waals surface area contributed by atoms with Crippen molar-refractivity contribution in [2.24, 2.45) is 0 Å². The lowest BCUT2D eigenvalue weighted by Crippen LogP contribution is -2.43. The summed E-state index contributed by atoms with van der Waals surface area (Å²) >= 11 is 0. The summed E-state index contributed by atoms with van der Waals surface area (Å²) in [5.74, 6) is 0.302. The number of rotatable bonds is 5. The number of carbonyl (C=O) groups is 2. The molecule has 0 radical (unpaired) electrons. The summed E-state index contributed by atoms with van der Waals surface area (Å²) < 4.78 is 0. The van der Waals surface area contributed by atoms with Crippen LogP contribution >= 0.6 is 0 Å². The summed E-state index contributed by atoms with van der Waals surface area (Å²) in [5, 5.41) is 3.13. The summed E-state index contributed by atoms with van der Waals surface area (Å²) in [4.78, 5) is 47.7. The molecule has 3 aromatic rings. The Bertz CT molecular complexity index is 1270. The van der Waals surface area contributed by atoms with Crippen molar-refractivity contribution in [2.75, 3.05) is 10.2 Å². The van der Waals surface area contributed by atoms with Crippen LogP contribution < -0.4 is 15.8 Å². The molecule has 2 N–H and O–H groups in total. The third-order valence-electron chi connectivity index (χ3n) is 6.04. The van der Waals surface area contributed by atoms with E-state index in [4.69, 9.17) is 0 Å². The van der Waals surface area contributed by atoms with E-state index in [-0.39, 0.29) is 29.5 Å². The Morgan fingerprint density at radius 3 is 2.32 bits per heavy atom. The van der Waals surface area contributed by atoms with E-state index in [0.29, 0.717) is 17.2 Å². The zero-order chi connectivity index (χ0) is 24.7. The Balaban J connectivity index is 1.56. The first-order valence-electron chi connectivity index (χ1n) is 11.1. The lowest BCUT2D eigenvalue weighted by molar-refractivity contribution is -0.123. The van der Waals surface area contributed by atoms with Crippen molar-refractivity contribution in [1.29, 1.82) is 0 Å². The monoisotopic (exact) mass is 459 g/mol. The number of nitrogens with one attached hydrogen (secondary N) is 2. The number of hydrogen-bond donors (Lipinski definition) is 2. The normalized spacial score (nSPS) is 15.7. The Hall–Kier alpha value is -3.94. The summed E-state index contributed by atoms with van der Waals surface area (Å²) in [6.07, 6.45) is 3.20. The van der Waals surface area contributed by atoms with E-state index in [2.05, 4.69) is 36.1 Å². The molecule has 0 spiro atoms. The van der Waals surface area contributed by atoms with Crippen molar-refractivity contribution in [3.63, 3.8) is 0 Å². The second-order valence-corrected chi connectivity index (χ2v) is 9.98. The lowest BCUT2D eigenvalue weighted by atomic mass is 9.87. The van der Waals surface area contributed by atoms with Crippen molar-refractivity contribution in [1.82, 2.24) is 14.9 Å². The van der Waals surface area contributed by atoms with Gasteiger partial charge in [-0.05, 0) is 60.7 Å². The highest BCUT2D eigenvalue weighted by atomic mass is 16.2. The molecule has 0 unspecified atom stereocenters. The molecule has 8 nitrogen and oxygen atoms in total. The number of carbonyl (C=O) groups excluding carboxylic acids is 2. The number of urea groups is 1. The first kappa shape index (κ1) is 23.2. The van der Waals surface area contributed by atoms with Crippen molar-refractivity contribution >= 4 is 29.1 Å². The standard InChI is InChI=1S/C26H29N5O3/c1-25(2,3)18-6-9-20(10-7-18)31-23(33)26(4,5)30(24(31)34)16-17-12-13-27-21(14-17)29-19-8-11-22(32)28-15-19/h6-15H,16H2,1-5H3,(H,27,29)(H,28,32). The molecular formula is C26H29N5O3. The maximum absolute atomic E-state index is 13.4. The number of aromatic nitrogens is 2. The second-order valence-electron chi connectivity index (χ2n) is 9.98. The van der Waals surface area contributed by atoms with Crippen LogP contribution in [0, 0.1) is 0 Å². The Labute approximate surface area is 198 Å². The quantitative estimate of drug-likeness (QED) is 0.545. The molecule has 34 heavy (non-hydrogen) atoms. The molecule has 2 aromatic heterocycles. The number of pyridine rings is 2. The van der Waals surface area contributed by atoms with Gasteiger partial charge in [0.2, 0.25) is 5.56 Å². The van der Waals surface area contributed by atoms with Crippen LogP contribution in [0.5, 0.6) is 0 Å².